The molecule has 3 nitrogen and oxygen atoms in total. The minimum absolute atomic E-state index is 0.0755. The molecule has 1 aliphatic rings. The van der Waals surface area contributed by atoms with E-state index in [0.29, 0.717) is 11.1 Å². The van der Waals surface area contributed by atoms with Crippen LogP contribution in [0, 0.1) is 20.8 Å². The van der Waals surface area contributed by atoms with Gasteiger partial charge in [-0.1, -0.05) is 35.4 Å². The highest BCUT2D eigenvalue weighted by molar-refractivity contribution is 5.71. The van der Waals surface area contributed by atoms with E-state index in [1.807, 2.05) is 39.0 Å². The normalized spacial score (nSPS) is 20.1. The first kappa shape index (κ1) is 19.3. The summed E-state index contributed by atoms with van der Waals surface area (Å²) in [5, 5.41) is 0. The monoisotopic (exact) mass is 377 g/mol. The molecule has 1 fully saturated rings. The molecule has 0 aromatic heterocycles. The number of halogens is 3. The Balaban J connectivity index is 1.87. The van der Waals surface area contributed by atoms with Crippen LogP contribution >= 0.6 is 0 Å². The third-order valence-corrected chi connectivity index (χ3v) is 4.95. The highest BCUT2D eigenvalue weighted by Crippen LogP contribution is 2.36. The third kappa shape index (κ3) is 3.94. The highest BCUT2D eigenvalue weighted by atomic mass is 19.4. The van der Waals surface area contributed by atoms with Crippen molar-refractivity contribution in [3.8, 4) is 0 Å². The molecule has 1 unspecified atom stereocenters. The average Bonchev–Trinajstić information content (AvgIpc) is 2.84. The fourth-order valence-electron chi connectivity index (χ4n) is 3.52. The van der Waals surface area contributed by atoms with Crippen molar-refractivity contribution in [2.75, 3.05) is 0 Å². The zero-order valence-corrected chi connectivity index (χ0v) is 15.7. The molecule has 3 rings (SSSR count). The fourth-order valence-corrected chi connectivity index (χ4v) is 3.52. The van der Waals surface area contributed by atoms with Crippen LogP contribution < -0.4 is 0 Å². The van der Waals surface area contributed by atoms with E-state index >= 15 is 0 Å². The van der Waals surface area contributed by atoms with E-state index in [4.69, 9.17) is 4.74 Å². The number of cyclic esters (lactones) is 1. The lowest BCUT2D eigenvalue weighted by Crippen LogP contribution is -2.31. The molecule has 144 valence electrons. The van der Waals surface area contributed by atoms with Crippen LogP contribution in [0.4, 0.5) is 18.0 Å². The summed E-state index contributed by atoms with van der Waals surface area (Å²) in [5.74, 6) is 0. The molecule has 0 N–H and O–H groups in total. The molecule has 1 heterocycles. The SMILES string of the molecule is Cc1cc(CN2C(=O)OC(c3cc(C)ccc3C)[C@H]2C)cc(C(F)(F)F)c1. The van der Waals surface area contributed by atoms with Crippen molar-refractivity contribution in [3.05, 3.63) is 69.8 Å². The van der Waals surface area contributed by atoms with Crippen LogP contribution in [0.1, 0.15) is 46.4 Å². The van der Waals surface area contributed by atoms with Crippen LogP contribution in [0.15, 0.2) is 36.4 Å². The van der Waals surface area contributed by atoms with Crippen LogP contribution in [0.25, 0.3) is 0 Å². The van der Waals surface area contributed by atoms with Gasteiger partial charge in [-0.25, -0.2) is 4.79 Å². The van der Waals surface area contributed by atoms with Crippen LogP contribution in [-0.4, -0.2) is 17.0 Å². The molecular weight excluding hydrogens is 355 g/mol. The van der Waals surface area contributed by atoms with E-state index in [-0.39, 0.29) is 12.6 Å². The van der Waals surface area contributed by atoms with Gasteiger partial charge in [0.05, 0.1) is 11.6 Å². The van der Waals surface area contributed by atoms with Gasteiger partial charge in [0.25, 0.3) is 0 Å². The van der Waals surface area contributed by atoms with E-state index in [0.717, 1.165) is 28.8 Å². The van der Waals surface area contributed by atoms with Crippen molar-refractivity contribution in [2.45, 2.75) is 52.6 Å². The summed E-state index contributed by atoms with van der Waals surface area (Å²) in [6, 6.07) is 9.54. The highest BCUT2D eigenvalue weighted by Gasteiger charge is 2.40. The summed E-state index contributed by atoms with van der Waals surface area (Å²) in [6.45, 7) is 7.47. The second-order valence-electron chi connectivity index (χ2n) is 7.24. The van der Waals surface area contributed by atoms with Crippen LogP contribution in [0.2, 0.25) is 0 Å². The molecule has 1 amide bonds. The lowest BCUT2D eigenvalue weighted by atomic mass is 9.96. The molecule has 2 aromatic rings. The van der Waals surface area contributed by atoms with E-state index in [2.05, 4.69) is 0 Å². The van der Waals surface area contributed by atoms with E-state index in [9.17, 15) is 18.0 Å². The van der Waals surface area contributed by atoms with E-state index < -0.39 is 23.9 Å². The Labute approximate surface area is 156 Å². The number of hydrogen-bond donors (Lipinski definition) is 0. The number of carbonyl (C=O) groups excluding carboxylic acids is 1. The lowest BCUT2D eigenvalue weighted by molar-refractivity contribution is -0.137. The van der Waals surface area contributed by atoms with Gasteiger partial charge in [-0.2, -0.15) is 13.2 Å². The second-order valence-corrected chi connectivity index (χ2v) is 7.24. The zero-order valence-electron chi connectivity index (χ0n) is 15.7. The van der Waals surface area contributed by atoms with Crippen molar-refractivity contribution in [2.24, 2.45) is 0 Å². The van der Waals surface area contributed by atoms with Gasteiger partial charge in [-0.05, 0) is 56.5 Å². The predicted molar refractivity (Wildman–Crippen MR) is 96.3 cm³/mol. The zero-order chi connectivity index (χ0) is 19.9. The summed E-state index contributed by atoms with van der Waals surface area (Å²) in [5.41, 5.74) is 3.24. The summed E-state index contributed by atoms with van der Waals surface area (Å²) in [7, 11) is 0. The van der Waals surface area contributed by atoms with Crippen molar-refractivity contribution in [3.63, 3.8) is 0 Å². The van der Waals surface area contributed by atoms with Crippen LogP contribution in [0.5, 0.6) is 0 Å². The van der Waals surface area contributed by atoms with Crippen LogP contribution in [-0.2, 0) is 17.5 Å². The molecule has 27 heavy (non-hydrogen) atoms. The number of aryl methyl sites for hydroxylation is 3. The summed E-state index contributed by atoms with van der Waals surface area (Å²) in [4.78, 5) is 13.9. The number of hydrogen-bond acceptors (Lipinski definition) is 2. The number of nitrogens with zero attached hydrogens (tertiary/aromatic N) is 1. The minimum atomic E-state index is -4.42. The molecular formula is C21H22F3NO2. The molecule has 0 radical (unpaired) electrons. The molecule has 2 atom stereocenters. The number of carbonyl (C=O) groups is 1. The fraction of sp³-hybridized carbons (Fsp3) is 0.381. The molecule has 1 aliphatic heterocycles. The largest absolute Gasteiger partial charge is 0.439 e. The summed E-state index contributed by atoms with van der Waals surface area (Å²) in [6.07, 6.45) is -5.37. The van der Waals surface area contributed by atoms with E-state index in [1.165, 1.54) is 4.90 Å². The lowest BCUT2D eigenvalue weighted by Gasteiger charge is -2.22. The van der Waals surface area contributed by atoms with Gasteiger partial charge in [0.2, 0.25) is 0 Å². The average molecular weight is 377 g/mol. The van der Waals surface area contributed by atoms with Gasteiger partial charge in [-0.3, -0.25) is 4.90 Å². The smallest absolute Gasteiger partial charge is 0.416 e. The van der Waals surface area contributed by atoms with Crippen molar-refractivity contribution in [1.82, 2.24) is 4.90 Å². The van der Waals surface area contributed by atoms with E-state index in [1.54, 1.807) is 13.0 Å². The predicted octanol–water partition coefficient (Wildman–Crippen LogP) is 5.71. The van der Waals surface area contributed by atoms with Crippen molar-refractivity contribution >= 4 is 6.09 Å². The summed E-state index contributed by atoms with van der Waals surface area (Å²) >= 11 is 0. The maximum absolute atomic E-state index is 13.1. The first-order valence-corrected chi connectivity index (χ1v) is 8.78. The topological polar surface area (TPSA) is 29.5 Å². The van der Waals surface area contributed by atoms with Gasteiger partial charge >= 0.3 is 12.3 Å². The van der Waals surface area contributed by atoms with Crippen LogP contribution in [0.3, 0.4) is 0 Å². The molecule has 0 saturated carbocycles. The van der Waals surface area contributed by atoms with Gasteiger partial charge in [0.1, 0.15) is 6.10 Å². The standard InChI is InChI=1S/C21H22F3NO2/c1-12-5-6-14(3)18(9-12)19-15(4)25(20(26)27-19)11-16-7-13(2)8-17(10-16)21(22,23)24/h5-10,15,19H,11H2,1-4H3/t15-,19?/m1/s1. The third-order valence-electron chi connectivity index (χ3n) is 4.95. The molecule has 0 spiro atoms. The second kappa shape index (κ2) is 6.91. The number of rotatable bonds is 3. The van der Waals surface area contributed by atoms with Gasteiger partial charge < -0.3 is 4.74 Å². The Bertz CT molecular complexity index is 876. The Kier molecular flexibility index (Phi) is 4.93. The number of alkyl halides is 3. The Hall–Kier alpha value is -2.50. The molecule has 6 heteroatoms. The number of ether oxygens (including phenoxy) is 1. The Morgan fingerprint density at radius 2 is 1.74 bits per heavy atom. The van der Waals surface area contributed by atoms with Gasteiger partial charge in [0.15, 0.2) is 0 Å². The molecule has 0 bridgehead atoms. The quantitative estimate of drug-likeness (QED) is 0.685. The maximum atomic E-state index is 13.1. The number of benzene rings is 2. The molecule has 0 aliphatic carbocycles. The van der Waals surface area contributed by atoms with Gasteiger partial charge in [-0.15, -0.1) is 0 Å². The van der Waals surface area contributed by atoms with Gasteiger partial charge in [0, 0.05) is 6.54 Å². The minimum Gasteiger partial charge on any atom is -0.439 e. The summed E-state index contributed by atoms with van der Waals surface area (Å²) < 4.78 is 44.8. The molecule has 1 saturated heterocycles. The Morgan fingerprint density at radius 1 is 1.04 bits per heavy atom. The van der Waals surface area contributed by atoms with Crippen molar-refractivity contribution < 1.29 is 22.7 Å². The number of amides is 1. The first-order chi connectivity index (χ1) is 12.6. The first-order valence-electron chi connectivity index (χ1n) is 8.78. The van der Waals surface area contributed by atoms with Crippen molar-refractivity contribution in [1.29, 1.82) is 0 Å². The molecule has 2 aromatic carbocycles. The maximum Gasteiger partial charge on any atom is 0.416 e. The Morgan fingerprint density at radius 3 is 2.41 bits per heavy atom.